The standard InChI is InChI=1S/C6H13NO5S/c1-2-12-6(8)3-5(4-7)13(9,10)11/h5H,2-4,7H2,1H3,(H,9,10,11). The van der Waals surface area contributed by atoms with Gasteiger partial charge >= 0.3 is 5.97 Å². The van der Waals surface area contributed by atoms with E-state index in [1.54, 1.807) is 6.92 Å². The normalized spacial score (nSPS) is 13.8. The summed E-state index contributed by atoms with van der Waals surface area (Å²) >= 11 is 0. The molecule has 0 bridgehead atoms. The molecule has 0 aromatic rings. The molecule has 0 aliphatic carbocycles. The Balaban J connectivity index is 4.23. The van der Waals surface area contributed by atoms with Gasteiger partial charge in [0, 0.05) is 6.54 Å². The summed E-state index contributed by atoms with van der Waals surface area (Å²) in [5.74, 6) is -0.685. The molecule has 0 spiro atoms. The molecule has 78 valence electrons. The number of rotatable bonds is 5. The van der Waals surface area contributed by atoms with Crippen LogP contribution in [0.5, 0.6) is 0 Å². The Morgan fingerprint density at radius 1 is 1.62 bits per heavy atom. The first-order valence-electron chi connectivity index (χ1n) is 3.73. The predicted molar refractivity (Wildman–Crippen MR) is 45.6 cm³/mol. The van der Waals surface area contributed by atoms with Gasteiger partial charge in [-0.2, -0.15) is 8.42 Å². The number of carbonyl (C=O) groups is 1. The van der Waals surface area contributed by atoms with Crippen LogP contribution in [-0.2, 0) is 19.6 Å². The minimum absolute atomic E-state index is 0.168. The van der Waals surface area contributed by atoms with Crippen molar-refractivity contribution in [1.82, 2.24) is 0 Å². The van der Waals surface area contributed by atoms with Crippen molar-refractivity contribution >= 4 is 16.1 Å². The molecule has 0 heterocycles. The van der Waals surface area contributed by atoms with E-state index in [4.69, 9.17) is 10.3 Å². The van der Waals surface area contributed by atoms with Crippen molar-refractivity contribution in [2.75, 3.05) is 13.2 Å². The van der Waals surface area contributed by atoms with Gasteiger partial charge in [0.1, 0.15) is 5.25 Å². The van der Waals surface area contributed by atoms with E-state index in [-0.39, 0.29) is 13.2 Å². The van der Waals surface area contributed by atoms with Gasteiger partial charge in [-0.1, -0.05) is 0 Å². The maximum Gasteiger partial charge on any atom is 0.307 e. The maximum absolute atomic E-state index is 10.8. The van der Waals surface area contributed by atoms with Gasteiger partial charge in [0.05, 0.1) is 13.0 Å². The zero-order valence-corrected chi connectivity index (χ0v) is 8.08. The van der Waals surface area contributed by atoms with Crippen molar-refractivity contribution < 1.29 is 22.5 Å². The van der Waals surface area contributed by atoms with Gasteiger partial charge in [0.15, 0.2) is 0 Å². The van der Waals surface area contributed by atoms with Crippen molar-refractivity contribution in [1.29, 1.82) is 0 Å². The van der Waals surface area contributed by atoms with Crippen molar-refractivity contribution in [2.45, 2.75) is 18.6 Å². The van der Waals surface area contributed by atoms with Gasteiger partial charge < -0.3 is 10.5 Å². The second-order valence-electron chi connectivity index (χ2n) is 2.38. The quantitative estimate of drug-likeness (QED) is 0.453. The molecule has 0 rings (SSSR count). The highest BCUT2D eigenvalue weighted by Gasteiger charge is 2.24. The van der Waals surface area contributed by atoms with Crippen LogP contribution >= 0.6 is 0 Å². The zero-order valence-electron chi connectivity index (χ0n) is 7.26. The fourth-order valence-corrected chi connectivity index (χ4v) is 1.31. The maximum atomic E-state index is 10.8. The fraction of sp³-hybridized carbons (Fsp3) is 0.833. The van der Waals surface area contributed by atoms with E-state index in [9.17, 15) is 13.2 Å². The van der Waals surface area contributed by atoms with Gasteiger partial charge in [0.25, 0.3) is 10.1 Å². The van der Waals surface area contributed by atoms with Crippen LogP contribution in [0.3, 0.4) is 0 Å². The van der Waals surface area contributed by atoms with E-state index in [2.05, 4.69) is 4.74 Å². The van der Waals surface area contributed by atoms with Gasteiger partial charge in [-0.05, 0) is 6.92 Å². The minimum atomic E-state index is -4.25. The summed E-state index contributed by atoms with van der Waals surface area (Å²) in [4.78, 5) is 10.8. The van der Waals surface area contributed by atoms with Gasteiger partial charge in [-0.25, -0.2) is 0 Å². The van der Waals surface area contributed by atoms with Crippen LogP contribution in [0.1, 0.15) is 13.3 Å². The topological polar surface area (TPSA) is 107 Å². The molecule has 0 aliphatic heterocycles. The van der Waals surface area contributed by atoms with Crippen molar-refractivity contribution in [3.8, 4) is 0 Å². The molecule has 0 amide bonds. The summed E-state index contributed by atoms with van der Waals surface area (Å²) in [5, 5.41) is -1.27. The Morgan fingerprint density at radius 2 is 2.15 bits per heavy atom. The van der Waals surface area contributed by atoms with E-state index in [1.165, 1.54) is 0 Å². The summed E-state index contributed by atoms with van der Waals surface area (Å²) in [7, 11) is -4.25. The highest BCUT2D eigenvalue weighted by molar-refractivity contribution is 7.86. The predicted octanol–water partition coefficient (Wildman–Crippen LogP) is -0.845. The summed E-state index contributed by atoms with van der Waals surface area (Å²) in [6, 6.07) is 0. The largest absolute Gasteiger partial charge is 0.466 e. The van der Waals surface area contributed by atoms with E-state index in [0.29, 0.717) is 0 Å². The molecule has 7 heteroatoms. The zero-order chi connectivity index (χ0) is 10.5. The first-order valence-corrected chi connectivity index (χ1v) is 5.24. The van der Waals surface area contributed by atoms with Crippen LogP contribution in [-0.4, -0.2) is 37.3 Å². The van der Waals surface area contributed by atoms with Crippen molar-refractivity contribution in [3.63, 3.8) is 0 Å². The number of hydrogen-bond donors (Lipinski definition) is 2. The third kappa shape index (κ3) is 4.81. The lowest BCUT2D eigenvalue weighted by Crippen LogP contribution is -2.32. The first kappa shape index (κ1) is 12.3. The van der Waals surface area contributed by atoms with Crippen molar-refractivity contribution in [2.24, 2.45) is 5.73 Å². The van der Waals surface area contributed by atoms with Crippen LogP contribution in [0.4, 0.5) is 0 Å². The number of hydrogen-bond acceptors (Lipinski definition) is 5. The highest BCUT2D eigenvalue weighted by Crippen LogP contribution is 2.03. The highest BCUT2D eigenvalue weighted by atomic mass is 32.2. The third-order valence-electron chi connectivity index (χ3n) is 1.38. The molecule has 3 N–H and O–H groups in total. The molecule has 1 atom stereocenters. The lowest BCUT2D eigenvalue weighted by Gasteiger charge is -2.09. The molecule has 0 saturated heterocycles. The Hall–Kier alpha value is -0.660. The SMILES string of the molecule is CCOC(=O)CC(CN)S(=O)(=O)O. The lowest BCUT2D eigenvalue weighted by atomic mass is 10.3. The smallest absolute Gasteiger partial charge is 0.307 e. The molecule has 6 nitrogen and oxygen atoms in total. The third-order valence-corrected chi connectivity index (χ3v) is 2.59. The monoisotopic (exact) mass is 211 g/mol. The van der Waals surface area contributed by atoms with Crippen molar-refractivity contribution in [3.05, 3.63) is 0 Å². The van der Waals surface area contributed by atoms with Gasteiger partial charge in [-0.3, -0.25) is 9.35 Å². The Labute approximate surface area is 76.8 Å². The molecule has 1 unspecified atom stereocenters. The van der Waals surface area contributed by atoms with Crippen LogP contribution in [0.2, 0.25) is 0 Å². The Bertz CT molecular complexity index is 260. The van der Waals surface area contributed by atoms with E-state index in [1.807, 2.05) is 0 Å². The fourth-order valence-electron chi connectivity index (χ4n) is 0.716. The summed E-state index contributed by atoms with van der Waals surface area (Å²) < 4.78 is 34.2. The molecule has 0 aliphatic rings. The van der Waals surface area contributed by atoms with E-state index < -0.39 is 27.8 Å². The van der Waals surface area contributed by atoms with Crippen LogP contribution in [0, 0.1) is 0 Å². The molecule has 0 radical (unpaired) electrons. The second kappa shape index (κ2) is 5.15. The second-order valence-corrected chi connectivity index (χ2v) is 4.08. The molecular weight excluding hydrogens is 198 g/mol. The summed E-state index contributed by atoms with van der Waals surface area (Å²) in [5.41, 5.74) is 5.06. The van der Waals surface area contributed by atoms with E-state index >= 15 is 0 Å². The van der Waals surface area contributed by atoms with E-state index in [0.717, 1.165) is 0 Å². The average Bonchev–Trinajstić information content (AvgIpc) is 1.98. The Morgan fingerprint density at radius 3 is 2.46 bits per heavy atom. The molecule has 0 aromatic heterocycles. The number of esters is 1. The summed E-state index contributed by atoms with van der Waals surface area (Å²) in [6.45, 7) is 1.46. The van der Waals surface area contributed by atoms with Crippen LogP contribution in [0.25, 0.3) is 0 Å². The van der Waals surface area contributed by atoms with Crippen LogP contribution < -0.4 is 5.73 Å². The van der Waals surface area contributed by atoms with Gasteiger partial charge in [0.2, 0.25) is 0 Å². The Kier molecular flexibility index (Phi) is 4.89. The molecule has 0 saturated carbocycles. The minimum Gasteiger partial charge on any atom is -0.466 e. The summed E-state index contributed by atoms with van der Waals surface area (Å²) in [6.07, 6.45) is -0.414. The number of ether oxygens (including phenoxy) is 1. The first-order chi connectivity index (χ1) is 5.91. The number of carbonyl (C=O) groups excluding carboxylic acids is 1. The lowest BCUT2D eigenvalue weighted by molar-refractivity contribution is -0.143. The molecule has 0 aromatic carbocycles. The molecule has 0 fully saturated rings. The van der Waals surface area contributed by atoms with Gasteiger partial charge in [-0.15, -0.1) is 0 Å². The molecular formula is C6H13NO5S. The number of nitrogens with two attached hydrogens (primary N) is 1. The average molecular weight is 211 g/mol. The molecule has 13 heavy (non-hydrogen) atoms. The van der Waals surface area contributed by atoms with Crippen LogP contribution in [0.15, 0.2) is 0 Å².